The average molecular weight is 375 g/mol. The van der Waals surface area contributed by atoms with E-state index in [0.29, 0.717) is 11.0 Å². The lowest BCUT2D eigenvalue weighted by molar-refractivity contribution is 0.0619. The van der Waals surface area contributed by atoms with Gasteiger partial charge in [-0.1, -0.05) is 0 Å². The highest BCUT2D eigenvalue weighted by atomic mass is 79.9. The van der Waals surface area contributed by atoms with Gasteiger partial charge in [-0.25, -0.2) is 26.7 Å². The minimum Gasteiger partial charge on any atom is -0.336 e. The van der Waals surface area contributed by atoms with E-state index in [2.05, 4.69) is 15.9 Å². The van der Waals surface area contributed by atoms with Crippen LogP contribution in [0.25, 0.3) is 0 Å². The van der Waals surface area contributed by atoms with Crippen molar-refractivity contribution in [3.05, 3.63) is 28.0 Å². The summed E-state index contributed by atoms with van der Waals surface area (Å²) in [5, 5.41) is 4.81. The lowest BCUT2D eigenvalue weighted by atomic mass is 10.2. The standard InChI is InChI=1S/C10H10BrF3N2O3S/c1-16(4-9(13)14)10(17)5-2-8(20(15,18)19)7(12)3-6(5)11/h2-3,9H,4H2,1H3,(H2,15,18,19). The zero-order valence-electron chi connectivity index (χ0n) is 10.1. The van der Waals surface area contributed by atoms with E-state index in [1.165, 1.54) is 0 Å². The number of sulfonamides is 1. The molecule has 0 saturated carbocycles. The van der Waals surface area contributed by atoms with Crippen molar-refractivity contribution in [3.63, 3.8) is 0 Å². The van der Waals surface area contributed by atoms with Crippen molar-refractivity contribution in [2.45, 2.75) is 11.3 Å². The Kier molecular flexibility index (Phi) is 5.16. The predicted molar refractivity (Wildman–Crippen MR) is 68.4 cm³/mol. The molecule has 0 unspecified atom stereocenters. The Bertz CT molecular complexity index is 637. The molecule has 5 nitrogen and oxygen atoms in total. The van der Waals surface area contributed by atoms with Crippen LogP contribution < -0.4 is 5.14 Å². The summed E-state index contributed by atoms with van der Waals surface area (Å²) in [6, 6.07) is 1.45. The fraction of sp³-hybridized carbons (Fsp3) is 0.300. The maximum Gasteiger partial charge on any atom is 0.255 e. The van der Waals surface area contributed by atoms with Gasteiger partial charge in [0.15, 0.2) is 0 Å². The molecule has 0 aliphatic heterocycles. The number of benzene rings is 1. The second kappa shape index (κ2) is 6.10. The van der Waals surface area contributed by atoms with Gasteiger partial charge in [0.2, 0.25) is 10.0 Å². The van der Waals surface area contributed by atoms with Crippen LogP contribution in [-0.4, -0.2) is 39.2 Å². The van der Waals surface area contributed by atoms with Crippen molar-refractivity contribution in [1.29, 1.82) is 0 Å². The molecule has 0 bridgehead atoms. The van der Waals surface area contributed by atoms with Gasteiger partial charge in [0.1, 0.15) is 10.7 Å². The number of carbonyl (C=O) groups is 1. The number of halogens is 4. The molecule has 0 aliphatic rings. The number of amides is 1. The van der Waals surface area contributed by atoms with E-state index in [0.717, 1.165) is 13.1 Å². The zero-order valence-corrected chi connectivity index (χ0v) is 12.5. The number of hydrogen-bond donors (Lipinski definition) is 1. The summed E-state index contributed by atoms with van der Waals surface area (Å²) in [6.07, 6.45) is -2.75. The first-order valence-corrected chi connectivity index (χ1v) is 7.43. The van der Waals surface area contributed by atoms with Gasteiger partial charge in [-0.05, 0) is 28.1 Å². The molecule has 1 amide bonds. The molecule has 1 aromatic rings. The van der Waals surface area contributed by atoms with Crippen LogP contribution >= 0.6 is 15.9 Å². The van der Waals surface area contributed by atoms with Crippen LogP contribution in [0.1, 0.15) is 10.4 Å². The van der Waals surface area contributed by atoms with Crippen LogP contribution in [0, 0.1) is 5.82 Å². The van der Waals surface area contributed by atoms with Crippen molar-refractivity contribution in [2.75, 3.05) is 13.6 Å². The van der Waals surface area contributed by atoms with Crippen LogP contribution in [0.2, 0.25) is 0 Å². The third-order valence-electron chi connectivity index (χ3n) is 2.32. The number of nitrogens with two attached hydrogens (primary N) is 1. The highest BCUT2D eigenvalue weighted by Gasteiger charge is 2.23. The molecule has 1 rings (SSSR count). The molecule has 0 saturated heterocycles. The van der Waals surface area contributed by atoms with Gasteiger partial charge in [0.25, 0.3) is 12.3 Å². The maximum absolute atomic E-state index is 13.5. The Morgan fingerprint density at radius 3 is 2.45 bits per heavy atom. The molecule has 0 radical (unpaired) electrons. The fourth-order valence-corrected chi connectivity index (χ4v) is 2.50. The van der Waals surface area contributed by atoms with Crippen LogP contribution in [0.15, 0.2) is 21.5 Å². The highest BCUT2D eigenvalue weighted by Crippen LogP contribution is 2.25. The van der Waals surface area contributed by atoms with Crippen LogP contribution in [0.5, 0.6) is 0 Å². The monoisotopic (exact) mass is 374 g/mol. The van der Waals surface area contributed by atoms with Crippen LogP contribution in [0.4, 0.5) is 13.2 Å². The molecular weight excluding hydrogens is 365 g/mol. The molecule has 112 valence electrons. The number of nitrogens with zero attached hydrogens (tertiary/aromatic N) is 1. The van der Waals surface area contributed by atoms with E-state index in [4.69, 9.17) is 5.14 Å². The van der Waals surface area contributed by atoms with Crippen molar-refractivity contribution in [3.8, 4) is 0 Å². The minimum absolute atomic E-state index is 0.0616. The van der Waals surface area contributed by atoms with Crippen molar-refractivity contribution < 1.29 is 26.4 Å². The van der Waals surface area contributed by atoms with E-state index < -0.39 is 39.6 Å². The molecule has 1 aromatic carbocycles. The van der Waals surface area contributed by atoms with Gasteiger partial charge >= 0.3 is 0 Å². The second-order valence-electron chi connectivity index (χ2n) is 3.88. The molecule has 0 heterocycles. The lowest BCUT2D eigenvalue weighted by Crippen LogP contribution is -2.31. The van der Waals surface area contributed by atoms with Gasteiger partial charge in [0.05, 0.1) is 12.1 Å². The molecule has 0 aromatic heterocycles. The van der Waals surface area contributed by atoms with E-state index in [1.807, 2.05) is 0 Å². The van der Waals surface area contributed by atoms with Crippen LogP contribution in [-0.2, 0) is 10.0 Å². The Morgan fingerprint density at radius 2 is 2.00 bits per heavy atom. The van der Waals surface area contributed by atoms with Gasteiger partial charge in [-0.2, -0.15) is 0 Å². The number of primary sulfonamides is 1. The topological polar surface area (TPSA) is 80.5 Å². The van der Waals surface area contributed by atoms with Gasteiger partial charge in [-0.3, -0.25) is 4.79 Å². The number of rotatable bonds is 4. The minimum atomic E-state index is -4.37. The summed E-state index contributed by atoms with van der Waals surface area (Å²) in [5.74, 6) is -2.03. The summed E-state index contributed by atoms with van der Waals surface area (Å²) < 4.78 is 60.2. The summed E-state index contributed by atoms with van der Waals surface area (Å²) in [6.45, 7) is -0.840. The molecule has 10 heteroatoms. The lowest BCUT2D eigenvalue weighted by Gasteiger charge is -2.18. The smallest absolute Gasteiger partial charge is 0.255 e. The molecule has 2 N–H and O–H groups in total. The van der Waals surface area contributed by atoms with Crippen LogP contribution in [0.3, 0.4) is 0 Å². The normalized spacial score (nSPS) is 11.8. The first kappa shape index (κ1) is 16.9. The molecule has 0 aliphatic carbocycles. The summed E-state index contributed by atoms with van der Waals surface area (Å²) in [5.41, 5.74) is -0.279. The molecule has 0 fully saturated rings. The first-order chi connectivity index (χ1) is 9.04. The SMILES string of the molecule is CN(CC(F)F)C(=O)c1cc(S(N)(=O)=O)c(F)cc1Br. The van der Waals surface area contributed by atoms with Crippen molar-refractivity contribution in [1.82, 2.24) is 4.90 Å². The van der Waals surface area contributed by atoms with Gasteiger partial charge < -0.3 is 4.90 Å². The van der Waals surface area contributed by atoms with E-state index >= 15 is 0 Å². The van der Waals surface area contributed by atoms with E-state index in [-0.39, 0.29) is 10.0 Å². The summed E-state index contributed by atoms with van der Waals surface area (Å²) >= 11 is 2.87. The van der Waals surface area contributed by atoms with E-state index in [9.17, 15) is 26.4 Å². The Morgan fingerprint density at radius 1 is 1.45 bits per heavy atom. The zero-order chi connectivity index (χ0) is 15.7. The second-order valence-corrected chi connectivity index (χ2v) is 6.27. The quantitative estimate of drug-likeness (QED) is 0.868. The molecule has 20 heavy (non-hydrogen) atoms. The Hall–Kier alpha value is -1.13. The molecule has 0 atom stereocenters. The predicted octanol–water partition coefficient (Wildman–Crippen LogP) is 1.57. The fourth-order valence-electron chi connectivity index (χ4n) is 1.41. The van der Waals surface area contributed by atoms with E-state index in [1.54, 1.807) is 0 Å². The maximum atomic E-state index is 13.5. The largest absolute Gasteiger partial charge is 0.336 e. The Balaban J connectivity index is 3.29. The average Bonchev–Trinajstić information content (AvgIpc) is 2.25. The third kappa shape index (κ3) is 3.93. The number of hydrogen-bond acceptors (Lipinski definition) is 3. The number of carbonyl (C=O) groups excluding carboxylic acids is 1. The van der Waals surface area contributed by atoms with Gasteiger partial charge in [-0.15, -0.1) is 0 Å². The molecule has 0 spiro atoms. The summed E-state index contributed by atoms with van der Waals surface area (Å²) in [7, 11) is -3.26. The summed E-state index contributed by atoms with van der Waals surface area (Å²) in [4.78, 5) is 11.7. The van der Waals surface area contributed by atoms with Crippen molar-refractivity contribution in [2.24, 2.45) is 5.14 Å². The first-order valence-electron chi connectivity index (χ1n) is 5.09. The van der Waals surface area contributed by atoms with Crippen molar-refractivity contribution >= 4 is 31.9 Å². The number of alkyl halides is 2. The third-order valence-corrected chi connectivity index (χ3v) is 3.90. The highest BCUT2D eigenvalue weighted by molar-refractivity contribution is 9.10. The Labute approximate surface area is 121 Å². The van der Waals surface area contributed by atoms with Gasteiger partial charge in [0, 0.05) is 11.5 Å². The molecular formula is C10H10BrF3N2O3S.